The van der Waals surface area contributed by atoms with Crippen molar-refractivity contribution in [2.24, 2.45) is 0 Å². The average molecular weight is 443 g/mol. The highest BCUT2D eigenvalue weighted by molar-refractivity contribution is 5.92. The minimum absolute atomic E-state index is 0.0818. The van der Waals surface area contributed by atoms with Crippen LogP contribution in [-0.2, 0) is 15.4 Å². The first-order valence-corrected chi connectivity index (χ1v) is 10.6. The van der Waals surface area contributed by atoms with E-state index in [1.807, 2.05) is 32.2 Å². The average Bonchev–Trinajstić information content (AvgIpc) is 2.81. The van der Waals surface area contributed by atoms with Gasteiger partial charge in [0.1, 0.15) is 6.61 Å². The molecule has 0 aliphatic carbocycles. The zero-order chi connectivity index (χ0) is 22.7. The normalized spacial score (nSPS) is 15.7. The Morgan fingerprint density at radius 2 is 2.00 bits per heavy atom. The standard InChI is InChI=1S/C23H27F2N5O2/c1-15(17-5-4-6-18(11-17)23(24,25)14-31-3)27-22-20-12-19(30-7-9-32-10-8-30)13-26-21(20)16(2)28-29-22/h4-6,11-13,15H,7-10,14H2,1-3H3,(H,27,29). The molecule has 0 amide bonds. The molecule has 3 heterocycles. The number of anilines is 2. The molecule has 1 unspecified atom stereocenters. The minimum atomic E-state index is -3.06. The molecule has 3 aromatic rings. The number of halogens is 2. The van der Waals surface area contributed by atoms with E-state index < -0.39 is 12.5 Å². The number of aryl methyl sites for hydroxylation is 1. The van der Waals surface area contributed by atoms with Crippen LogP contribution in [0.2, 0.25) is 0 Å². The quantitative estimate of drug-likeness (QED) is 0.590. The molecule has 1 N–H and O–H groups in total. The highest BCUT2D eigenvalue weighted by Crippen LogP contribution is 2.32. The highest BCUT2D eigenvalue weighted by Gasteiger charge is 2.32. The molecule has 1 aliphatic rings. The Kier molecular flexibility index (Phi) is 6.48. The van der Waals surface area contributed by atoms with Gasteiger partial charge in [-0.2, -0.15) is 13.9 Å². The molecule has 7 nitrogen and oxygen atoms in total. The van der Waals surface area contributed by atoms with E-state index in [4.69, 9.17) is 4.74 Å². The fourth-order valence-electron chi connectivity index (χ4n) is 3.84. The Morgan fingerprint density at radius 3 is 2.75 bits per heavy atom. The van der Waals surface area contributed by atoms with E-state index in [0.717, 1.165) is 35.4 Å². The summed E-state index contributed by atoms with van der Waals surface area (Å²) in [7, 11) is 1.27. The number of benzene rings is 1. The number of nitrogens with one attached hydrogen (secondary N) is 1. The molecule has 1 fully saturated rings. The van der Waals surface area contributed by atoms with Gasteiger partial charge in [0.25, 0.3) is 5.92 Å². The number of aromatic nitrogens is 3. The number of pyridine rings is 1. The third-order valence-electron chi connectivity index (χ3n) is 5.64. The summed E-state index contributed by atoms with van der Waals surface area (Å²) in [5, 5.41) is 12.8. The summed E-state index contributed by atoms with van der Waals surface area (Å²) in [6.07, 6.45) is 1.84. The third kappa shape index (κ3) is 4.63. The zero-order valence-electron chi connectivity index (χ0n) is 18.4. The molecule has 1 saturated heterocycles. The van der Waals surface area contributed by atoms with E-state index >= 15 is 0 Å². The number of rotatable bonds is 7. The van der Waals surface area contributed by atoms with Crippen molar-refractivity contribution in [3.8, 4) is 0 Å². The van der Waals surface area contributed by atoms with Crippen LogP contribution in [-0.4, -0.2) is 55.2 Å². The Morgan fingerprint density at radius 1 is 1.22 bits per heavy atom. The lowest BCUT2D eigenvalue weighted by Crippen LogP contribution is -2.36. The van der Waals surface area contributed by atoms with Crippen molar-refractivity contribution in [3.63, 3.8) is 0 Å². The maximum Gasteiger partial charge on any atom is 0.296 e. The second-order valence-electron chi connectivity index (χ2n) is 7.95. The Bertz CT molecular complexity index is 1090. The van der Waals surface area contributed by atoms with Crippen LogP contribution in [0.1, 0.15) is 29.8 Å². The molecule has 1 aromatic carbocycles. The number of fused-ring (bicyclic) bond motifs is 1. The lowest BCUT2D eigenvalue weighted by Gasteiger charge is -2.28. The minimum Gasteiger partial charge on any atom is -0.378 e. The van der Waals surface area contributed by atoms with Crippen molar-refractivity contribution in [2.45, 2.75) is 25.8 Å². The topological polar surface area (TPSA) is 72.4 Å². The van der Waals surface area contributed by atoms with Gasteiger partial charge in [-0.1, -0.05) is 18.2 Å². The molecule has 1 atom stereocenters. The van der Waals surface area contributed by atoms with E-state index in [9.17, 15) is 8.78 Å². The van der Waals surface area contributed by atoms with Gasteiger partial charge in [-0.3, -0.25) is 4.98 Å². The van der Waals surface area contributed by atoms with Crippen LogP contribution < -0.4 is 10.2 Å². The number of alkyl halides is 2. The van der Waals surface area contributed by atoms with Crippen molar-refractivity contribution in [3.05, 3.63) is 53.3 Å². The number of ether oxygens (including phenoxy) is 2. The largest absolute Gasteiger partial charge is 0.378 e. The van der Waals surface area contributed by atoms with Gasteiger partial charge in [-0.25, -0.2) is 0 Å². The van der Waals surface area contributed by atoms with Gasteiger partial charge in [0, 0.05) is 31.1 Å². The summed E-state index contributed by atoms with van der Waals surface area (Å²) in [6.45, 7) is 6.06. The molecule has 9 heteroatoms. The molecule has 2 aromatic heterocycles. The molecule has 0 bridgehead atoms. The first kappa shape index (κ1) is 22.3. The smallest absolute Gasteiger partial charge is 0.296 e. The Labute approximate surface area is 185 Å². The Balaban J connectivity index is 1.64. The lowest BCUT2D eigenvalue weighted by molar-refractivity contribution is -0.0698. The van der Waals surface area contributed by atoms with Gasteiger partial charge >= 0.3 is 0 Å². The molecule has 32 heavy (non-hydrogen) atoms. The van der Waals surface area contributed by atoms with E-state index in [2.05, 4.69) is 30.1 Å². The van der Waals surface area contributed by atoms with Crippen LogP contribution >= 0.6 is 0 Å². The third-order valence-corrected chi connectivity index (χ3v) is 5.64. The van der Waals surface area contributed by atoms with Crippen LogP contribution in [0.4, 0.5) is 20.3 Å². The zero-order valence-corrected chi connectivity index (χ0v) is 18.4. The number of morpholine rings is 1. The van der Waals surface area contributed by atoms with Crippen molar-refractivity contribution >= 4 is 22.4 Å². The predicted molar refractivity (Wildman–Crippen MR) is 119 cm³/mol. The summed E-state index contributed by atoms with van der Waals surface area (Å²) in [5.41, 5.74) is 3.11. The van der Waals surface area contributed by atoms with E-state index in [-0.39, 0.29) is 11.6 Å². The summed E-state index contributed by atoms with van der Waals surface area (Å²) >= 11 is 0. The number of nitrogens with zero attached hydrogens (tertiary/aromatic N) is 4. The number of hydrogen-bond acceptors (Lipinski definition) is 7. The summed E-state index contributed by atoms with van der Waals surface area (Å²) < 4.78 is 38.7. The van der Waals surface area contributed by atoms with Crippen LogP contribution in [0, 0.1) is 6.92 Å². The second-order valence-corrected chi connectivity index (χ2v) is 7.95. The van der Waals surface area contributed by atoms with Crippen molar-refractivity contribution in [2.75, 3.05) is 50.2 Å². The molecule has 4 rings (SSSR count). The molecule has 0 spiro atoms. The molecule has 1 aliphatic heterocycles. The van der Waals surface area contributed by atoms with Crippen LogP contribution in [0.3, 0.4) is 0 Å². The van der Waals surface area contributed by atoms with Gasteiger partial charge in [0.15, 0.2) is 5.82 Å². The summed E-state index contributed by atoms with van der Waals surface area (Å²) in [5.74, 6) is -2.49. The van der Waals surface area contributed by atoms with Gasteiger partial charge < -0.3 is 19.7 Å². The monoisotopic (exact) mass is 443 g/mol. The van der Waals surface area contributed by atoms with E-state index in [1.54, 1.807) is 6.07 Å². The molecule has 0 radical (unpaired) electrons. The SMILES string of the molecule is COCC(F)(F)c1cccc(C(C)Nc2nnc(C)c3ncc(N4CCOCC4)cc23)c1. The number of methoxy groups -OCH3 is 1. The van der Waals surface area contributed by atoms with Gasteiger partial charge in [-0.05, 0) is 31.5 Å². The second kappa shape index (κ2) is 9.30. The van der Waals surface area contributed by atoms with Crippen LogP contribution in [0.25, 0.3) is 10.9 Å². The molecule has 0 saturated carbocycles. The predicted octanol–water partition coefficient (Wildman–Crippen LogP) is 4.08. The fraction of sp³-hybridized carbons (Fsp3) is 0.435. The fourth-order valence-corrected chi connectivity index (χ4v) is 3.84. The summed E-state index contributed by atoms with van der Waals surface area (Å²) in [4.78, 5) is 6.85. The van der Waals surface area contributed by atoms with Gasteiger partial charge in [0.2, 0.25) is 0 Å². The van der Waals surface area contributed by atoms with Gasteiger partial charge in [-0.15, -0.1) is 5.10 Å². The maximum absolute atomic E-state index is 14.3. The number of hydrogen-bond donors (Lipinski definition) is 1. The van der Waals surface area contributed by atoms with Crippen LogP contribution in [0.5, 0.6) is 0 Å². The maximum atomic E-state index is 14.3. The van der Waals surface area contributed by atoms with Crippen molar-refractivity contribution < 1.29 is 18.3 Å². The van der Waals surface area contributed by atoms with Crippen molar-refractivity contribution in [1.29, 1.82) is 0 Å². The van der Waals surface area contributed by atoms with Crippen LogP contribution in [0.15, 0.2) is 36.5 Å². The molecule has 170 valence electrons. The highest BCUT2D eigenvalue weighted by atomic mass is 19.3. The van der Waals surface area contributed by atoms with Gasteiger partial charge in [0.05, 0.1) is 42.4 Å². The summed E-state index contributed by atoms with van der Waals surface area (Å²) in [6, 6.07) is 8.12. The first-order chi connectivity index (χ1) is 15.4. The molecular weight excluding hydrogens is 416 g/mol. The lowest BCUT2D eigenvalue weighted by atomic mass is 10.0. The first-order valence-electron chi connectivity index (χ1n) is 10.6. The Hall–Kier alpha value is -2.91. The van der Waals surface area contributed by atoms with E-state index in [1.165, 1.54) is 19.2 Å². The van der Waals surface area contributed by atoms with Crippen molar-refractivity contribution in [1.82, 2.24) is 15.2 Å². The molecular formula is C23H27F2N5O2. The van der Waals surface area contributed by atoms with E-state index in [0.29, 0.717) is 24.6 Å².